The molecule has 3 rings (SSSR count). The molecule has 104 valence electrons. The first-order valence-electron chi connectivity index (χ1n) is 7.58. The Bertz CT molecular complexity index is 288. The van der Waals surface area contributed by atoms with Crippen molar-refractivity contribution in [3.63, 3.8) is 0 Å². The third kappa shape index (κ3) is 2.59. The summed E-state index contributed by atoms with van der Waals surface area (Å²) >= 11 is 2.02. The van der Waals surface area contributed by atoms with Gasteiger partial charge in [-0.15, -0.1) is 0 Å². The molecule has 18 heavy (non-hydrogen) atoms. The summed E-state index contributed by atoms with van der Waals surface area (Å²) < 4.78 is 6.06. The molecule has 0 bridgehead atoms. The summed E-state index contributed by atoms with van der Waals surface area (Å²) in [5.74, 6) is 4.27. The molecule has 5 unspecified atom stereocenters. The van der Waals surface area contributed by atoms with Gasteiger partial charge in [0.15, 0.2) is 0 Å². The second-order valence-electron chi connectivity index (χ2n) is 6.76. The minimum Gasteiger partial charge on any atom is -0.393 e. The van der Waals surface area contributed by atoms with Crippen molar-refractivity contribution in [3.8, 4) is 0 Å². The predicted molar refractivity (Wildman–Crippen MR) is 75.9 cm³/mol. The fourth-order valence-electron chi connectivity index (χ4n) is 4.17. The van der Waals surface area contributed by atoms with Crippen molar-refractivity contribution in [2.24, 2.45) is 17.8 Å². The van der Waals surface area contributed by atoms with Gasteiger partial charge in [0.2, 0.25) is 0 Å². The lowest BCUT2D eigenvalue weighted by atomic mass is 9.78. The Labute approximate surface area is 115 Å². The minimum absolute atomic E-state index is 0.0682. The maximum absolute atomic E-state index is 10.7. The average Bonchev–Trinajstić information content (AvgIpc) is 2.98. The highest BCUT2D eigenvalue weighted by Gasteiger charge is 2.44. The third-order valence-corrected chi connectivity index (χ3v) is 6.52. The second kappa shape index (κ2) is 5.34. The van der Waals surface area contributed by atoms with Gasteiger partial charge in [-0.05, 0) is 55.6 Å². The van der Waals surface area contributed by atoms with E-state index in [9.17, 15) is 5.11 Å². The molecule has 2 heterocycles. The van der Waals surface area contributed by atoms with Gasteiger partial charge in [0.05, 0.1) is 11.7 Å². The number of ether oxygens (including phenoxy) is 1. The van der Waals surface area contributed by atoms with Crippen LogP contribution in [-0.4, -0.2) is 34.9 Å². The Kier molecular flexibility index (Phi) is 3.93. The van der Waals surface area contributed by atoms with Gasteiger partial charge in [-0.1, -0.05) is 13.3 Å². The molecule has 3 heteroatoms. The fourth-order valence-corrected chi connectivity index (χ4v) is 5.54. The van der Waals surface area contributed by atoms with Crippen LogP contribution in [0.2, 0.25) is 0 Å². The van der Waals surface area contributed by atoms with Crippen molar-refractivity contribution in [3.05, 3.63) is 0 Å². The van der Waals surface area contributed by atoms with E-state index >= 15 is 0 Å². The molecular formula is C15H26O2S. The molecular weight excluding hydrogens is 244 g/mol. The molecule has 3 aliphatic rings. The average molecular weight is 270 g/mol. The lowest BCUT2D eigenvalue weighted by Crippen LogP contribution is -2.44. The van der Waals surface area contributed by atoms with Crippen molar-refractivity contribution >= 4 is 11.8 Å². The SMILES string of the molecule is CC1CCC(C(O)C2CCOC3(CCSC3)C2)C1. The van der Waals surface area contributed by atoms with Crippen LogP contribution in [0, 0.1) is 17.8 Å². The van der Waals surface area contributed by atoms with Gasteiger partial charge in [-0.25, -0.2) is 0 Å². The molecule has 1 spiro atoms. The van der Waals surface area contributed by atoms with E-state index in [-0.39, 0.29) is 11.7 Å². The van der Waals surface area contributed by atoms with E-state index in [1.54, 1.807) is 0 Å². The molecule has 0 amide bonds. The van der Waals surface area contributed by atoms with E-state index in [2.05, 4.69) is 6.92 Å². The summed E-state index contributed by atoms with van der Waals surface area (Å²) in [5, 5.41) is 10.7. The Morgan fingerprint density at radius 1 is 1.28 bits per heavy atom. The van der Waals surface area contributed by atoms with Crippen LogP contribution in [0.25, 0.3) is 0 Å². The van der Waals surface area contributed by atoms with Crippen LogP contribution >= 0.6 is 11.8 Å². The summed E-state index contributed by atoms with van der Waals surface area (Å²) in [6.45, 7) is 3.19. The van der Waals surface area contributed by atoms with E-state index in [0.717, 1.165) is 31.1 Å². The number of aliphatic hydroxyl groups excluding tert-OH is 1. The quantitative estimate of drug-likeness (QED) is 0.836. The van der Waals surface area contributed by atoms with E-state index < -0.39 is 0 Å². The zero-order valence-corrected chi connectivity index (χ0v) is 12.3. The molecule has 0 aromatic carbocycles. The largest absolute Gasteiger partial charge is 0.393 e. The zero-order valence-electron chi connectivity index (χ0n) is 11.4. The monoisotopic (exact) mass is 270 g/mol. The molecule has 0 aromatic rings. The smallest absolute Gasteiger partial charge is 0.0783 e. The van der Waals surface area contributed by atoms with E-state index in [0.29, 0.717) is 11.8 Å². The Morgan fingerprint density at radius 2 is 2.17 bits per heavy atom. The highest BCUT2D eigenvalue weighted by atomic mass is 32.2. The van der Waals surface area contributed by atoms with Gasteiger partial charge < -0.3 is 9.84 Å². The number of rotatable bonds is 2. The first kappa shape index (κ1) is 13.3. The number of thioether (sulfide) groups is 1. The topological polar surface area (TPSA) is 29.5 Å². The predicted octanol–water partition coefficient (Wildman–Crippen LogP) is 3.09. The molecule has 0 radical (unpaired) electrons. The number of hydrogen-bond acceptors (Lipinski definition) is 3. The molecule has 1 saturated carbocycles. The standard InChI is InChI=1S/C15H26O2S/c1-11-2-3-12(8-11)14(16)13-4-6-17-15(9-13)5-7-18-10-15/h11-14,16H,2-10H2,1H3. The molecule has 2 saturated heterocycles. The van der Waals surface area contributed by atoms with Gasteiger partial charge in [-0.2, -0.15) is 11.8 Å². The molecule has 2 nitrogen and oxygen atoms in total. The second-order valence-corrected chi connectivity index (χ2v) is 7.86. The third-order valence-electron chi connectivity index (χ3n) is 5.30. The normalized spacial score (nSPS) is 46.7. The molecule has 5 atom stereocenters. The summed E-state index contributed by atoms with van der Waals surface area (Å²) in [5.41, 5.74) is 0.124. The van der Waals surface area contributed by atoms with Crippen LogP contribution in [0.5, 0.6) is 0 Å². The molecule has 2 aliphatic heterocycles. The van der Waals surface area contributed by atoms with Crippen molar-refractivity contribution in [1.82, 2.24) is 0 Å². The van der Waals surface area contributed by atoms with Crippen LogP contribution in [0.3, 0.4) is 0 Å². The van der Waals surface area contributed by atoms with Crippen molar-refractivity contribution < 1.29 is 9.84 Å². The fraction of sp³-hybridized carbons (Fsp3) is 1.00. The zero-order chi connectivity index (χ0) is 12.6. The maximum Gasteiger partial charge on any atom is 0.0783 e. The summed E-state index contributed by atoms with van der Waals surface area (Å²) in [6.07, 6.45) is 7.08. The Morgan fingerprint density at radius 3 is 2.83 bits per heavy atom. The van der Waals surface area contributed by atoms with Gasteiger partial charge in [-0.3, -0.25) is 0 Å². The van der Waals surface area contributed by atoms with E-state index in [1.807, 2.05) is 11.8 Å². The Hall–Kier alpha value is 0.270. The summed E-state index contributed by atoms with van der Waals surface area (Å²) in [4.78, 5) is 0. The first-order valence-corrected chi connectivity index (χ1v) is 8.74. The number of hydrogen-bond donors (Lipinski definition) is 1. The van der Waals surface area contributed by atoms with Gasteiger partial charge >= 0.3 is 0 Å². The maximum atomic E-state index is 10.7. The molecule has 0 aromatic heterocycles. The summed E-state index contributed by atoms with van der Waals surface area (Å²) in [6, 6.07) is 0. The lowest BCUT2D eigenvalue weighted by molar-refractivity contribution is -0.109. The van der Waals surface area contributed by atoms with Crippen LogP contribution in [-0.2, 0) is 4.74 Å². The van der Waals surface area contributed by atoms with Gasteiger partial charge in [0.25, 0.3) is 0 Å². The van der Waals surface area contributed by atoms with Crippen LogP contribution in [0.15, 0.2) is 0 Å². The Balaban J connectivity index is 1.61. The molecule has 1 N–H and O–H groups in total. The minimum atomic E-state index is -0.0682. The van der Waals surface area contributed by atoms with Crippen molar-refractivity contribution in [2.45, 2.75) is 57.2 Å². The summed E-state index contributed by atoms with van der Waals surface area (Å²) in [7, 11) is 0. The van der Waals surface area contributed by atoms with Crippen LogP contribution in [0.4, 0.5) is 0 Å². The van der Waals surface area contributed by atoms with E-state index in [4.69, 9.17) is 4.74 Å². The lowest BCUT2D eigenvalue weighted by Gasteiger charge is -2.41. The molecule has 3 fully saturated rings. The van der Waals surface area contributed by atoms with Gasteiger partial charge in [0.1, 0.15) is 0 Å². The van der Waals surface area contributed by atoms with Crippen LogP contribution < -0.4 is 0 Å². The van der Waals surface area contributed by atoms with Crippen molar-refractivity contribution in [2.75, 3.05) is 18.1 Å². The van der Waals surface area contributed by atoms with Gasteiger partial charge in [0, 0.05) is 12.4 Å². The highest BCUT2D eigenvalue weighted by Crippen LogP contribution is 2.44. The first-order chi connectivity index (χ1) is 8.69. The number of aliphatic hydroxyl groups is 1. The van der Waals surface area contributed by atoms with Crippen LogP contribution in [0.1, 0.15) is 45.4 Å². The van der Waals surface area contributed by atoms with Crippen molar-refractivity contribution in [1.29, 1.82) is 0 Å². The van der Waals surface area contributed by atoms with E-state index in [1.165, 1.54) is 31.4 Å². The molecule has 1 aliphatic carbocycles. The highest BCUT2D eigenvalue weighted by molar-refractivity contribution is 7.99.